The fourth-order valence-electron chi connectivity index (χ4n) is 2.99. The van der Waals surface area contributed by atoms with Crippen molar-refractivity contribution in [2.75, 3.05) is 18.5 Å². The first-order valence-electron chi connectivity index (χ1n) is 9.76. The Morgan fingerprint density at radius 1 is 1.19 bits per heavy atom. The van der Waals surface area contributed by atoms with Crippen LogP contribution in [0.15, 0.2) is 36.5 Å². The van der Waals surface area contributed by atoms with Crippen LogP contribution in [0.25, 0.3) is 0 Å². The second kappa shape index (κ2) is 10.1. The van der Waals surface area contributed by atoms with Gasteiger partial charge in [0.2, 0.25) is 17.7 Å². The summed E-state index contributed by atoms with van der Waals surface area (Å²) < 4.78 is 47.4. The quantitative estimate of drug-likeness (QED) is 0.587. The summed E-state index contributed by atoms with van der Waals surface area (Å²) in [6, 6.07) is 8.52. The summed E-state index contributed by atoms with van der Waals surface area (Å²) in [5.74, 6) is 0.240. The van der Waals surface area contributed by atoms with E-state index in [0.29, 0.717) is 37.2 Å². The van der Waals surface area contributed by atoms with Crippen LogP contribution < -0.4 is 20.1 Å². The molecule has 1 aliphatic heterocycles. The van der Waals surface area contributed by atoms with Gasteiger partial charge in [-0.2, -0.15) is 13.2 Å². The lowest BCUT2D eigenvalue weighted by Gasteiger charge is -2.17. The molecule has 2 aromatic rings. The number of ether oxygens (including phenoxy) is 2. The molecule has 0 unspecified atom stereocenters. The van der Waals surface area contributed by atoms with E-state index in [9.17, 15) is 22.8 Å². The van der Waals surface area contributed by atoms with Crippen molar-refractivity contribution in [2.45, 2.75) is 38.4 Å². The number of fused-ring (bicyclic) bond motifs is 1. The van der Waals surface area contributed by atoms with Crippen molar-refractivity contribution >= 4 is 17.5 Å². The molecule has 10 heteroatoms. The van der Waals surface area contributed by atoms with Crippen LogP contribution in [0.5, 0.6) is 11.6 Å². The highest BCUT2D eigenvalue weighted by Gasteiger charge is 2.29. The van der Waals surface area contributed by atoms with Crippen molar-refractivity contribution in [2.24, 2.45) is 0 Å². The number of nitrogens with zero attached hydrogens (tertiary/aromatic N) is 1. The minimum absolute atomic E-state index is 0.00231. The molecule has 2 N–H and O–H groups in total. The number of pyridine rings is 1. The zero-order valence-electron chi connectivity index (χ0n) is 16.6. The third-order valence-electron chi connectivity index (χ3n) is 4.49. The van der Waals surface area contributed by atoms with E-state index in [-0.39, 0.29) is 30.7 Å². The summed E-state index contributed by atoms with van der Waals surface area (Å²) >= 11 is 0. The number of aromatic nitrogens is 1. The lowest BCUT2D eigenvalue weighted by Crippen LogP contribution is -2.24. The molecule has 7 nitrogen and oxygen atoms in total. The van der Waals surface area contributed by atoms with Gasteiger partial charge in [0, 0.05) is 36.8 Å². The van der Waals surface area contributed by atoms with Gasteiger partial charge in [-0.25, -0.2) is 4.98 Å². The number of hydrogen-bond donors (Lipinski definition) is 2. The lowest BCUT2D eigenvalue weighted by molar-refractivity contribution is -0.154. The van der Waals surface area contributed by atoms with Crippen molar-refractivity contribution in [1.29, 1.82) is 0 Å². The Morgan fingerprint density at radius 2 is 2.03 bits per heavy atom. The number of nitrogens with one attached hydrogen (secondary N) is 2. The first kappa shape index (κ1) is 22.4. The molecule has 3 rings (SSSR count). The number of halogens is 3. The predicted octanol–water partition coefficient (Wildman–Crippen LogP) is 3.38. The number of anilines is 1. The van der Waals surface area contributed by atoms with Crippen LogP contribution in [0.3, 0.4) is 0 Å². The minimum Gasteiger partial charge on any atom is -0.494 e. The standard InChI is InChI=1S/C21H22F3N3O4/c22-21(23,24)13-31-20-15(3-1-9-25-20)12-26-18(28)4-2-10-30-16-6-7-17-14(11-16)5-8-19(29)27-17/h1,3,6-7,9,11H,2,4-5,8,10,12-13H2,(H,26,28)(H,27,29). The molecule has 0 fully saturated rings. The lowest BCUT2D eigenvalue weighted by atomic mass is 10.0. The topological polar surface area (TPSA) is 89.6 Å². The minimum atomic E-state index is -4.47. The molecule has 0 bridgehead atoms. The van der Waals surface area contributed by atoms with E-state index in [2.05, 4.69) is 15.6 Å². The molecule has 0 spiro atoms. The molecule has 1 aliphatic rings. The zero-order chi connectivity index (χ0) is 22.3. The van der Waals surface area contributed by atoms with Gasteiger partial charge in [-0.05, 0) is 42.7 Å². The first-order valence-corrected chi connectivity index (χ1v) is 9.76. The molecule has 0 aliphatic carbocycles. The SMILES string of the molecule is O=C(CCCOc1ccc2c(c1)CCC(=O)N2)NCc1cccnc1OCC(F)(F)F. The van der Waals surface area contributed by atoms with Crippen molar-refractivity contribution in [3.05, 3.63) is 47.7 Å². The number of carbonyl (C=O) groups is 2. The number of carbonyl (C=O) groups excluding carboxylic acids is 2. The molecule has 166 valence electrons. The van der Waals surface area contributed by atoms with Crippen LogP contribution in [-0.2, 0) is 22.6 Å². The van der Waals surface area contributed by atoms with E-state index in [4.69, 9.17) is 9.47 Å². The third-order valence-corrected chi connectivity index (χ3v) is 4.49. The number of hydrogen-bond acceptors (Lipinski definition) is 5. The van der Waals surface area contributed by atoms with Crippen molar-refractivity contribution in [1.82, 2.24) is 10.3 Å². The summed E-state index contributed by atoms with van der Waals surface area (Å²) in [4.78, 5) is 27.2. The van der Waals surface area contributed by atoms with E-state index in [1.807, 2.05) is 6.07 Å². The fourth-order valence-corrected chi connectivity index (χ4v) is 2.99. The van der Waals surface area contributed by atoms with E-state index >= 15 is 0 Å². The van der Waals surface area contributed by atoms with Crippen molar-refractivity contribution in [3.8, 4) is 11.6 Å². The number of amides is 2. The monoisotopic (exact) mass is 437 g/mol. The van der Waals surface area contributed by atoms with E-state index < -0.39 is 12.8 Å². The van der Waals surface area contributed by atoms with Gasteiger partial charge in [-0.3, -0.25) is 9.59 Å². The summed E-state index contributed by atoms with van der Waals surface area (Å²) in [6.45, 7) is -1.11. The van der Waals surface area contributed by atoms with Gasteiger partial charge in [0.1, 0.15) is 5.75 Å². The second-order valence-corrected chi connectivity index (χ2v) is 6.97. The van der Waals surface area contributed by atoms with Crippen molar-refractivity contribution in [3.63, 3.8) is 0 Å². The molecule has 1 aromatic heterocycles. The molecule has 1 aromatic carbocycles. The summed E-state index contributed by atoms with van der Waals surface area (Å²) in [6.07, 6.45) is -1.39. The van der Waals surface area contributed by atoms with E-state index in [1.165, 1.54) is 6.20 Å². The Bertz CT molecular complexity index is 934. The zero-order valence-corrected chi connectivity index (χ0v) is 16.6. The maximum Gasteiger partial charge on any atom is 0.422 e. The Labute approximate surface area is 176 Å². The maximum absolute atomic E-state index is 12.3. The second-order valence-electron chi connectivity index (χ2n) is 6.97. The van der Waals surface area contributed by atoms with Gasteiger partial charge < -0.3 is 20.1 Å². The van der Waals surface area contributed by atoms with Gasteiger partial charge in [0.25, 0.3) is 0 Å². The number of rotatable bonds is 9. The van der Waals surface area contributed by atoms with Gasteiger partial charge in [0.05, 0.1) is 6.61 Å². The maximum atomic E-state index is 12.3. The average Bonchev–Trinajstić information content (AvgIpc) is 2.74. The summed E-state index contributed by atoms with van der Waals surface area (Å²) in [5, 5.41) is 5.44. The van der Waals surface area contributed by atoms with Crippen LogP contribution in [0, 0.1) is 0 Å². The van der Waals surface area contributed by atoms with Crippen LogP contribution in [0.2, 0.25) is 0 Å². The van der Waals surface area contributed by atoms with Gasteiger partial charge in [-0.15, -0.1) is 0 Å². The first-order chi connectivity index (χ1) is 14.8. The van der Waals surface area contributed by atoms with Gasteiger partial charge in [-0.1, -0.05) is 6.07 Å². The van der Waals surface area contributed by atoms with Crippen LogP contribution in [-0.4, -0.2) is 36.2 Å². The van der Waals surface area contributed by atoms with Crippen LogP contribution in [0.1, 0.15) is 30.4 Å². The van der Waals surface area contributed by atoms with E-state index in [1.54, 1.807) is 24.3 Å². The van der Waals surface area contributed by atoms with Crippen LogP contribution in [0.4, 0.5) is 18.9 Å². The smallest absolute Gasteiger partial charge is 0.422 e. The third kappa shape index (κ3) is 7.16. The molecular formula is C21H22F3N3O4. The number of alkyl halides is 3. The largest absolute Gasteiger partial charge is 0.494 e. The number of aryl methyl sites for hydroxylation is 1. The highest BCUT2D eigenvalue weighted by molar-refractivity contribution is 5.94. The van der Waals surface area contributed by atoms with Crippen LogP contribution >= 0.6 is 0 Å². The predicted molar refractivity (Wildman–Crippen MR) is 106 cm³/mol. The highest BCUT2D eigenvalue weighted by Crippen LogP contribution is 2.27. The molecule has 2 heterocycles. The number of benzene rings is 1. The molecule has 0 radical (unpaired) electrons. The molecule has 0 atom stereocenters. The average molecular weight is 437 g/mol. The van der Waals surface area contributed by atoms with Crippen molar-refractivity contribution < 1.29 is 32.2 Å². The van der Waals surface area contributed by atoms with E-state index in [0.717, 1.165) is 11.3 Å². The fraction of sp³-hybridized carbons (Fsp3) is 0.381. The van der Waals surface area contributed by atoms with Gasteiger partial charge in [0.15, 0.2) is 6.61 Å². The molecule has 0 saturated heterocycles. The Hall–Kier alpha value is -3.30. The highest BCUT2D eigenvalue weighted by atomic mass is 19.4. The summed E-state index contributed by atoms with van der Waals surface area (Å²) in [7, 11) is 0. The Kier molecular flexibility index (Phi) is 7.32. The molecule has 31 heavy (non-hydrogen) atoms. The molecule has 2 amide bonds. The Morgan fingerprint density at radius 3 is 2.84 bits per heavy atom. The molecule has 0 saturated carbocycles. The van der Waals surface area contributed by atoms with Gasteiger partial charge >= 0.3 is 6.18 Å². The molecular weight excluding hydrogens is 415 g/mol. The summed E-state index contributed by atoms with van der Waals surface area (Å²) in [5.41, 5.74) is 2.16. The normalized spacial score (nSPS) is 13.2. The Balaban J connectivity index is 1.39.